The molecule has 182 valence electrons. The molecule has 0 aliphatic carbocycles. The molecule has 2 aromatic rings. The van der Waals surface area contributed by atoms with Crippen molar-refractivity contribution >= 4 is 21.6 Å². The number of non-ortho nitro benzene ring substituents is 1. The van der Waals surface area contributed by atoms with Gasteiger partial charge in [-0.1, -0.05) is 6.92 Å². The molecule has 12 nitrogen and oxygen atoms in total. The minimum atomic E-state index is -4.14. The lowest BCUT2D eigenvalue weighted by Gasteiger charge is -2.16. The fraction of sp³-hybridized carbons (Fsp3) is 0.500. The number of methoxy groups -OCH3 is 1. The minimum Gasteiger partial charge on any atom is -0.438 e. The molecule has 0 spiro atoms. The number of rotatable bonds is 12. The molecule has 2 rings (SSSR count). The number of hydrogen-bond donors (Lipinski definition) is 2. The molecule has 0 radical (unpaired) electrons. The number of amides is 1. The lowest BCUT2D eigenvalue weighted by atomic mass is 10.2. The maximum absolute atomic E-state index is 13.0. The van der Waals surface area contributed by atoms with Gasteiger partial charge in [-0.3, -0.25) is 14.9 Å². The smallest absolute Gasteiger partial charge is 0.272 e. The zero-order valence-corrected chi connectivity index (χ0v) is 20.1. The van der Waals surface area contributed by atoms with Crippen LogP contribution in [0.2, 0.25) is 0 Å². The van der Waals surface area contributed by atoms with Crippen LogP contribution in [-0.2, 0) is 21.3 Å². The minimum absolute atomic E-state index is 0.118. The highest BCUT2D eigenvalue weighted by molar-refractivity contribution is 7.89. The highest BCUT2D eigenvalue weighted by Crippen LogP contribution is 2.34. The first-order valence-electron chi connectivity index (χ1n) is 10.4. The van der Waals surface area contributed by atoms with Crippen molar-refractivity contribution in [2.75, 3.05) is 20.3 Å². The van der Waals surface area contributed by atoms with Crippen LogP contribution in [0.4, 0.5) is 5.69 Å². The third kappa shape index (κ3) is 6.27. The van der Waals surface area contributed by atoms with E-state index in [0.717, 1.165) is 12.1 Å². The Morgan fingerprint density at radius 3 is 2.61 bits per heavy atom. The number of nitrogens with one attached hydrogen (secondary N) is 2. The van der Waals surface area contributed by atoms with Crippen molar-refractivity contribution in [3.8, 4) is 11.6 Å². The van der Waals surface area contributed by atoms with Crippen molar-refractivity contribution in [1.82, 2.24) is 19.8 Å². The van der Waals surface area contributed by atoms with Crippen LogP contribution in [0.3, 0.4) is 0 Å². The fourth-order valence-corrected chi connectivity index (χ4v) is 4.34. The summed E-state index contributed by atoms with van der Waals surface area (Å²) in [5.41, 5.74) is 0.112. The third-order valence-corrected chi connectivity index (χ3v) is 6.45. The molecule has 0 saturated carbocycles. The monoisotopic (exact) mass is 483 g/mol. The number of aromatic nitrogens is 2. The number of aryl methyl sites for hydroxylation is 1. The fourth-order valence-electron chi connectivity index (χ4n) is 2.87. The molecule has 13 heteroatoms. The van der Waals surface area contributed by atoms with E-state index in [1.165, 1.54) is 17.9 Å². The Morgan fingerprint density at radius 1 is 1.33 bits per heavy atom. The summed E-state index contributed by atoms with van der Waals surface area (Å²) in [4.78, 5) is 22.7. The van der Waals surface area contributed by atoms with Gasteiger partial charge in [-0.2, -0.15) is 5.10 Å². The summed E-state index contributed by atoms with van der Waals surface area (Å²) in [6, 6.07) is 2.92. The largest absolute Gasteiger partial charge is 0.438 e. The number of hydrogen-bond acceptors (Lipinski definition) is 8. The van der Waals surface area contributed by atoms with Gasteiger partial charge >= 0.3 is 0 Å². The molecule has 1 amide bonds. The van der Waals surface area contributed by atoms with E-state index in [1.54, 1.807) is 27.7 Å². The Hall–Kier alpha value is -3.03. The molecule has 1 aromatic carbocycles. The van der Waals surface area contributed by atoms with Crippen LogP contribution in [0, 0.1) is 17.0 Å². The molecule has 2 N–H and O–H groups in total. The van der Waals surface area contributed by atoms with Crippen molar-refractivity contribution in [3.63, 3.8) is 0 Å². The average Bonchev–Trinajstić information content (AvgIpc) is 3.08. The summed E-state index contributed by atoms with van der Waals surface area (Å²) in [6.07, 6.45) is 0.521. The van der Waals surface area contributed by atoms with Crippen LogP contribution < -0.4 is 14.8 Å². The number of nitro groups is 1. The van der Waals surface area contributed by atoms with E-state index in [1.807, 2.05) is 0 Å². The van der Waals surface area contributed by atoms with Crippen LogP contribution in [-0.4, -0.2) is 55.3 Å². The van der Waals surface area contributed by atoms with E-state index in [4.69, 9.17) is 9.47 Å². The van der Waals surface area contributed by atoms with Gasteiger partial charge in [-0.15, -0.1) is 0 Å². The SMILES string of the molecule is CC[C@H](C)NS(=O)(=O)c1cc([N+](=O)[O-])ccc1Oc1c(C)c(C(=O)NCCOC)nn1CC. The lowest BCUT2D eigenvalue weighted by molar-refractivity contribution is -0.385. The van der Waals surface area contributed by atoms with E-state index in [2.05, 4.69) is 15.1 Å². The molecule has 0 aliphatic heterocycles. The predicted octanol–water partition coefficient (Wildman–Crippen LogP) is 2.36. The van der Waals surface area contributed by atoms with Gasteiger partial charge in [0.05, 0.1) is 11.5 Å². The summed E-state index contributed by atoms with van der Waals surface area (Å²) >= 11 is 0. The summed E-state index contributed by atoms with van der Waals surface area (Å²) in [6.45, 7) is 7.84. The molecule has 0 aliphatic rings. The first-order valence-corrected chi connectivity index (χ1v) is 11.9. The predicted molar refractivity (Wildman–Crippen MR) is 120 cm³/mol. The topological polar surface area (TPSA) is 155 Å². The molecule has 1 atom stereocenters. The summed E-state index contributed by atoms with van der Waals surface area (Å²) in [5.74, 6) is -0.403. The summed E-state index contributed by atoms with van der Waals surface area (Å²) in [7, 11) is -2.62. The second-order valence-corrected chi connectivity index (χ2v) is 8.95. The number of nitrogens with zero attached hydrogens (tertiary/aromatic N) is 3. The highest BCUT2D eigenvalue weighted by Gasteiger charge is 2.27. The van der Waals surface area contributed by atoms with E-state index in [0.29, 0.717) is 25.1 Å². The third-order valence-electron chi connectivity index (χ3n) is 4.84. The van der Waals surface area contributed by atoms with Crippen LogP contribution in [0.1, 0.15) is 43.2 Å². The van der Waals surface area contributed by atoms with E-state index < -0.39 is 32.6 Å². The quantitative estimate of drug-likeness (QED) is 0.265. The highest BCUT2D eigenvalue weighted by atomic mass is 32.2. The van der Waals surface area contributed by atoms with Gasteiger partial charge in [0, 0.05) is 43.9 Å². The zero-order valence-electron chi connectivity index (χ0n) is 19.2. The molecule has 0 bridgehead atoms. The molecule has 33 heavy (non-hydrogen) atoms. The van der Waals surface area contributed by atoms with Crippen molar-refractivity contribution < 1.29 is 27.6 Å². The molecule has 0 saturated heterocycles. The lowest BCUT2D eigenvalue weighted by Crippen LogP contribution is -2.32. The van der Waals surface area contributed by atoms with Gasteiger partial charge in [-0.05, 0) is 33.3 Å². The average molecular weight is 484 g/mol. The van der Waals surface area contributed by atoms with Gasteiger partial charge < -0.3 is 14.8 Å². The Labute approximate surface area is 192 Å². The maximum atomic E-state index is 13.0. The molecule has 0 fully saturated rings. The van der Waals surface area contributed by atoms with Gasteiger partial charge in [0.25, 0.3) is 11.6 Å². The Morgan fingerprint density at radius 2 is 2.03 bits per heavy atom. The second kappa shape index (κ2) is 11.2. The first-order chi connectivity index (χ1) is 15.5. The van der Waals surface area contributed by atoms with Gasteiger partial charge in [0.2, 0.25) is 15.9 Å². The van der Waals surface area contributed by atoms with Crippen LogP contribution in [0.25, 0.3) is 0 Å². The second-order valence-electron chi connectivity index (χ2n) is 7.26. The molecular formula is C20H29N5O7S. The Kier molecular flexibility index (Phi) is 8.91. The van der Waals surface area contributed by atoms with Crippen molar-refractivity contribution in [2.45, 2.75) is 51.6 Å². The van der Waals surface area contributed by atoms with Crippen molar-refractivity contribution in [3.05, 3.63) is 39.6 Å². The molecule has 0 unspecified atom stereocenters. The number of nitro benzene ring substituents is 1. The Bertz CT molecular complexity index is 1110. The van der Waals surface area contributed by atoms with E-state index in [-0.39, 0.29) is 28.8 Å². The molecule has 1 aromatic heterocycles. The molecule has 1 heterocycles. The number of sulfonamides is 1. The van der Waals surface area contributed by atoms with Crippen LogP contribution in [0.15, 0.2) is 23.1 Å². The number of carbonyl (C=O) groups excluding carboxylic acids is 1. The number of ether oxygens (including phenoxy) is 2. The summed E-state index contributed by atoms with van der Waals surface area (Å²) in [5, 5.41) is 18.2. The zero-order chi connectivity index (χ0) is 24.8. The van der Waals surface area contributed by atoms with Crippen molar-refractivity contribution in [1.29, 1.82) is 0 Å². The van der Waals surface area contributed by atoms with Gasteiger partial charge in [-0.25, -0.2) is 17.8 Å². The number of carbonyl (C=O) groups is 1. The number of benzene rings is 1. The molecular weight excluding hydrogens is 454 g/mol. The normalized spacial score (nSPS) is 12.4. The Balaban J connectivity index is 2.52. The van der Waals surface area contributed by atoms with Crippen LogP contribution in [0.5, 0.6) is 11.6 Å². The van der Waals surface area contributed by atoms with E-state index >= 15 is 0 Å². The summed E-state index contributed by atoms with van der Waals surface area (Å²) < 4.78 is 40.7. The van der Waals surface area contributed by atoms with E-state index in [9.17, 15) is 23.3 Å². The van der Waals surface area contributed by atoms with Gasteiger partial charge in [0.1, 0.15) is 10.6 Å². The standard InChI is InChI=1S/C20H29N5O7S/c1-6-13(3)23-33(29,30)17-12-15(25(27)28)8-9-16(17)32-20-14(4)18(22-24(20)7-2)19(26)21-10-11-31-5/h8-9,12-13,23H,6-7,10-11H2,1-5H3,(H,21,26)/t13-/m0/s1. The first kappa shape index (κ1) is 26.2. The van der Waals surface area contributed by atoms with Crippen molar-refractivity contribution in [2.24, 2.45) is 0 Å². The maximum Gasteiger partial charge on any atom is 0.272 e. The van der Waals surface area contributed by atoms with Crippen LogP contribution >= 0.6 is 0 Å². The van der Waals surface area contributed by atoms with Gasteiger partial charge in [0.15, 0.2) is 5.69 Å².